The normalized spacial score (nSPS) is 22.6. The number of ketones is 1. The smallest absolute Gasteiger partial charge is 0.239 e. The van der Waals surface area contributed by atoms with Gasteiger partial charge in [-0.3, -0.25) is 9.59 Å². The number of carbonyl (C=O) groups is 2. The molecule has 1 fully saturated rings. The maximum Gasteiger partial charge on any atom is 0.239 e. The molecule has 1 unspecified atom stereocenters. The first-order valence-electron chi connectivity index (χ1n) is 5.34. The van der Waals surface area contributed by atoms with Crippen molar-refractivity contribution in [3.05, 3.63) is 47.7 Å². The Kier molecular flexibility index (Phi) is 2.86. The molecule has 2 rings (SSSR count). The average Bonchev–Trinajstić information content (AvgIpc) is 2.56. The summed E-state index contributed by atoms with van der Waals surface area (Å²) in [7, 11) is 0. The summed E-state index contributed by atoms with van der Waals surface area (Å²) in [6.45, 7) is 1.93. The molecule has 1 aromatic rings. The highest BCUT2D eigenvalue weighted by molar-refractivity contribution is 6.21. The largest absolute Gasteiger partial charge is 0.322 e. The zero-order valence-electron chi connectivity index (χ0n) is 9.07. The second kappa shape index (κ2) is 4.31. The van der Waals surface area contributed by atoms with Crippen molar-refractivity contribution < 1.29 is 9.59 Å². The predicted molar refractivity (Wildman–Crippen MR) is 60.7 cm³/mol. The van der Waals surface area contributed by atoms with Crippen LogP contribution in [0.15, 0.2) is 42.1 Å². The van der Waals surface area contributed by atoms with E-state index in [2.05, 4.69) is 5.32 Å². The summed E-state index contributed by atoms with van der Waals surface area (Å²) in [6.07, 6.45) is 2.49. The van der Waals surface area contributed by atoms with Crippen molar-refractivity contribution in [2.24, 2.45) is 0 Å². The molecule has 16 heavy (non-hydrogen) atoms. The molecule has 82 valence electrons. The minimum atomic E-state index is -0.668. The number of Topliss-reactive ketones (excluding diaryl/α,β-unsaturated/α-hetero) is 1. The van der Waals surface area contributed by atoms with Crippen LogP contribution in [0.3, 0.4) is 0 Å². The van der Waals surface area contributed by atoms with Gasteiger partial charge >= 0.3 is 0 Å². The molecule has 1 N–H and O–H groups in total. The van der Waals surface area contributed by atoms with E-state index in [0.717, 1.165) is 12.0 Å². The molecule has 1 amide bonds. The first kappa shape index (κ1) is 10.6. The topological polar surface area (TPSA) is 46.2 Å². The Morgan fingerprint density at radius 1 is 1.25 bits per heavy atom. The average molecular weight is 215 g/mol. The van der Waals surface area contributed by atoms with Gasteiger partial charge in [0.2, 0.25) is 5.91 Å². The van der Waals surface area contributed by atoms with Gasteiger partial charge in [0.25, 0.3) is 0 Å². The number of nitrogens with one attached hydrogen (secondary N) is 1. The van der Waals surface area contributed by atoms with Crippen LogP contribution in [0.2, 0.25) is 0 Å². The third kappa shape index (κ3) is 1.76. The van der Waals surface area contributed by atoms with Crippen LogP contribution in [0.25, 0.3) is 0 Å². The first-order valence-corrected chi connectivity index (χ1v) is 5.34. The number of hydrogen-bond donors (Lipinski definition) is 1. The van der Waals surface area contributed by atoms with Crippen LogP contribution in [0.5, 0.6) is 0 Å². The van der Waals surface area contributed by atoms with Crippen LogP contribution in [-0.4, -0.2) is 11.7 Å². The van der Waals surface area contributed by atoms with Gasteiger partial charge in [0.1, 0.15) is 5.92 Å². The van der Waals surface area contributed by atoms with Gasteiger partial charge in [-0.1, -0.05) is 43.3 Å². The van der Waals surface area contributed by atoms with E-state index < -0.39 is 5.92 Å². The zero-order chi connectivity index (χ0) is 11.5. The fraction of sp³-hybridized carbons (Fsp3) is 0.231. The van der Waals surface area contributed by atoms with Crippen LogP contribution in [0.1, 0.15) is 24.8 Å². The lowest BCUT2D eigenvalue weighted by Crippen LogP contribution is -2.17. The molecule has 1 aliphatic heterocycles. The summed E-state index contributed by atoms with van der Waals surface area (Å²) >= 11 is 0. The molecule has 1 heterocycles. The lowest BCUT2D eigenvalue weighted by atomic mass is 9.96. The SMILES string of the molecule is CC/C=C1/NC(=O)C(c2ccccc2)C1=O. The van der Waals surface area contributed by atoms with Crippen molar-refractivity contribution in [1.29, 1.82) is 0 Å². The second-order valence-electron chi connectivity index (χ2n) is 3.72. The molecule has 1 aromatic carbocycles. The van der Waals surface area contributed by atoms with Crippen LogP contribution in [0.4, 0.5) is 0 Å². The van der Waals surface area contributed by atoms with E-state index in [1.165, 1.54) is 0 Å². The third-order valence-electron chi connectivity index (χ3n) is 2.59. The fourth-order valence-electron chi connectivity index (χ4n) is 1.85. The minimum absolute atomic E-state index is 0.127. The number of rotatable bonds is 2. The van der Waals surface area contributed by atoms with Crippen molar-refractivity contribution in [2.75, 3.05) is 0 Å². The summed E-state index contributed by atoms with van der Waals surface area (Å²) in [6, 6.07) is 9.13. The maximum absolute atomic E-state index is 12.0. The highest BCUT2D eigenvalue weighted by Crippen LogP contribution is 2.25. The number of amides is 1. The monoisotopic (exact) mass is 215 g/mol. The van der Waals surface area contributed by atoms with Gasteiger partial charge < -0.3 is 5.32 Å². The fourth-order valence-corrected chi connectivity index (χ4v) is 1.85. The van der Waals surface area contributed by atoms with E-state index in [4.69, 9.17) is 0 Å². The molecule has 0 bridgehead atoms. The summed E-state index contributed by atoms with van der Waals surface area (Å²) < 4.78 is 0. The van der Waals surface area contributed by atoms with Crippen LogP contribution >= 0.6 is 0 Å². The van der Waals surface area contributed by atoms with Crippen LogP contribution < -0.4 is 5.32 Å². The number of carbonyl (C=O) groups excluding carboxylic acids is 2. The van der Waals surface area contributed by atoms with Gasteiger partial charge in [0, 0.05) is 0 Å². The molecule has 1 atom stereocenters. The molecular formula is C13H13NO2. The molecule has 3 heteroatoms. The Bertz CT molecular complexity index is 448. The van der Waals surface area contributed by atoms with Gasteiger partial charge in [-0.25, -0.2) is 0 Å². The Morgan fingerprint density at radius 2 is 1.94 bits per heavy atom. The van der Waals surface area contributed by atoms with E-state index >= 15 is 0 Å². The zero-order valence-corrected chi connectivity index (χ0v) is 9.07. The van der Waals surface area contributed by atoms with Gasteiger partial charge in [-0.2, -0.15) is 0 Å². The summed E-state index contributed by atoms with van der Waals surface area (Å²) in [5, 5.41) is 2.63. The maximum atomic E-state index is 12.0. The van der Waals surface area contributed by atoms with Crippen molar-refractivity contribution in [1.82, 2.24) is 5.32 Å². The van der Waals surface area contributed by atoms with Gasteiger partial charge in [-0.05, 0) is 12.0 Å². The van der Waals surface area contributed by atoms with Gasteiger partial charge in [0.05, 0.1) is 5.70 Å². The minimum Gasteiger partial charge on any atom is -0.322 e. The molecule has 0 radical (unpaired) electrons. The van der Waals surface area contributed by atoms with Crippen molar-refractivity contribution in [3.63, 3.8) is 0 Å². The Hall–Kier alpha value is -1.90. The quantitative estimate of drug-likeness (QED) is 0.603. The highest BCUT2D eigenvalue weighted by atomic mass is 16.2. The van der Waals surface area contributed by atoms with Crippen LogP contribution in [0, 0.1) is 0 Å². The summed E-state index contributed by atoms with van der Waals surface area (Å²) in [5.41, 5.74) is 1.19. The van der Waals surface area contributed by atoms with Crippen molar-refractivity contribution in [3.8, 4) is 0 Å². The summed E-state index contributed by atoms with van der Waals surface area (Å²) in [5.74, 6) is -1.02. The van der Waals surface area contributed by atoms with Gasteiger partial charge in [-0.15, -0.1) is 0 Å². The molecule has 0 aromatic heterocycles. The Labute approximate surface area is 94.2 Å². The summed E-state index contributed by atoms with van der Waals surface area (Å²) in [4.78, 5) is 23.7. The van der Waals surface area contributed by atoms with E-state index in [9.17, 15) is 9.59 Å². The first-order chi connectivity index (χ1) is 7.74. The van der Waals surface area contributed by atoms with Crippen molar-refractivity contribution >= 4 is 11.7 Å². The molecule has 0 spiro atoms. The molecule has 0 saturated carbocycles. The van der Waals surface area contributed by atoms with Crippen LogP contribution in [-0.2, 0) is 9.59 Å². The predicted octanol–water partition coefficient (Wildman–Crippen LogP) is 1.76. The van der Waals surface area contributed by atoms with E-state index in [1.54, 1.807) is 18.2 Å². The van der Waals surface area contributed by atoms with Gasteiger partial charge in [0.15, 0.2) is 5.78 Å². The standard InChI is InChI=1S/C13H13NO2/c1-2-6-10-12(15)11(13(16)14-10)9-7-4-3-5-8-9/h3-8,11H,2H2,1H3,(H,14,16)/b10-6+. The molecular weight excluding hydrogens is 202 g/mol. The second-order valence-corrected chi connectivity index (χ2v) is 3.72. The van der Waals surface area contributed by atoms with Crippen molar-refractivity contribution in [2.45, 2.75) is 19.3 Å². The molecule has 1 aliphatic rings. The van der Waals surface area contributed by atoms with E-state index in [1.807, 2.05) is 25.1 Å². The van der Waals surface area contributed by atoms with E-state index in [0.29, 0.717) is 5.70 Å². The molecule has 3 nitrogen and oxygen atoms in total. The number of benzene rings is 1. The lowest BCUT2D eigenvalue weighted by molar-refractivity contribution is -0.124. The Morgan fingerprint density at radius 3 is 2.56 bits per heavy atom. The molecule has 0 aliphatic carbocycles. The number of hydrogen-bond acceptors (Lipinski definition) is 2. The lowest BCUT2D eigenvalue weighted by Gasteiger charge is -2.03. The number of allylic oxidation sites excluding steroid dienone is 2. The molecule has 1 saturated heterocycles. The highest BCUT2D eigenvalue weighted by Gasteiger charge is 2.37. The Balaban J connectivity index is 2.34. The van der Waals surface area contributed by atoms with E-state index in [-0.39, 0.29) is 11.7 Å². The third-order valence-corrected chi connectivity index (χ3v) is 2.59.